The Morgan fingerprint density at radius 2 is 1.72 bits per heavy atom. The van der Waals surface area contributed by atoms with Crippen LogP contribution in [0.3, 0.4) is 0 Å². The Morgan fingerprint density at radius 3 is 2.22 bits per heavy atom. The standard InChI is InChI=1S/C15H24ClNO/c1-3-5-10-17(11-6-4-2)15-9-7-8-14(16)13(15)12-18/h7-9,18H,3-6,10-12H2,1-2H3. The van der Waals surface area contributed by atoms with Crippen LogP contribution in [0.5, 0.6) is 0 Å². The summed E-state index contributed by atoms with van der Waals surface area (Å²) in [6.45, 7) is 6.46. The van der Waals surface area contributed by atoms with Gasteiger partial charge in [-0.3, -0.25) is 0 Å². The van der Waals surface area contributed by atoms with E-state index < -0.39 is 0 Å². The number of halogens is 1. The third-order valence-corrected chi connectivity index (χ3v) is 3.51. The Labute approximate surface area is 116 Å². The molecule has 1 aromatic carbocycles. The maximum absolute atomic E-state index is 9.49. The third kappa shape index (κ3) is 4.18. The second-order valence-electron chi connectivity index (χ2n) is 4.59. The fourth-order valence-corrected chi connectivity index (χ4v) is 2.28. The van der Waals surface area contributed by atoms with E-state index >= 15 is 0 Å². The molecule has 2 nitrogen and oxygen atoms in total. The van der Waals surface area contributed by atoms with E-state index in [9.17, 15) is 5.11 Å². The van der Waals surface area contributed by atoms with Crippen LogP contribution in [0.25, 0.3) is 0 Å². The van der Waals surface area contributed by atoms with Gasteiger partial charge in [0.25, 0.3) is 0 Å². The van der Waals surface area contributed by atoms with E-state index in [2.05, 4.69) is 24.8 Å². The minimum Gasteiger partial charge on any atom is -0.392 e. The van der Waals surface area contributed by atoms with E-state index in [1.165, 1.54) is 25.7 Å². The zero-order valence-electron chi connectivity index (χ0n) is 11.5. The average molecular weight is 270 g/mol. The molecular weight excluding hydrogens is 246 g/mol. The van der Waals surface area contributed by atoms with Gasteiger partial charge in [-0.1, -0.05) is 44.4 Å². The number of hydrogen-bond acceptors (Lipinski definition) is 2. The van der Waals surface area contributed by atoms with Gasteiger partial charge in [-0.15, -0.1) is 0 Å². The summed E-state index contributed by atoms with van der Waals surface area (Å²) in [5.41, 5.74) is 1.94. The maximum atomic E-state index is 9.49. The van der Waals surface area contributed by atoms with Crippen molar-refractivity contribution in [2.75, 3.05) is 18.0 Å². The molecule has 1 rings (SSSR count). The van der Waals surface area contributed by atoms with Gasteiger partial charge in [-0.05, 0) is 25.0 Å². The van der Waals surface area contributed by atoms with Gasteiger partial charge in [0.1, 0.15) is 0 Å². The van der Waals surface area contributed by atoms with E-state index in [1.807, 2.05) is 12.1 Å². The lowest BCUT2D eigenvalue weighted by Crippen LogP contribution is -2.26. The molecule has 0 saturated heterocycles. The molecule has 18 heavy (non-hydrogen) atoms. The van der Waals surface area contributed by atoms with Gasteiger partial charge >= 0.3 is 0 Å². The SMILES string of the molecule is CCCCN(CCCC)c1cccc(Cl)c1CO. The molecule has 102 valence electrons. The number of rotatable bonds is 8. The predicted molar refractivity (Wildman–Crippen MR) is 79.4 cm³/mol. The number of aliphatic hydroxyl groups is 1. The zero-order valence-corrected chi connectivity index (χ0v) is 12.2. The number of hydrogen-bond donors (Lipinski definition) is 1. The van der Waals surface area contributed by atoms with Crippen molar-refractivity contribution >= 4 is 17.3 Å². The Morgan fingerprint density at radius 1 is 1.11 bits per heavy atom. The topological polar surface area (TPSA) is 23.5 Å². The molecule has 1 N–H and O–H groups in total. The summed E-state index contributed by atoms with van der Waals surface area (Å²) in [7, 11) is 0. The van der Waals surface area contributed by atoms with E-state index in [1.54, 1.807) is 0 Å². The Balaban J connectivity index is 2.91. The van der Waals surface area contributed by atoms with E-state index in [4.69, 9.17) is 11.6 Å². The van der Waals surface area contributed by atoms with Crippen LogP contribution in [-0.4, -0.2) is 18.2 Å². The third-order valence-electron chi connectivity index (χ3n) is 3.16. The van der Waals surface area contributed by atoms with Gasteiger partial charge in [-0.2, -0.15) is 0 Å². The summed E-state index contributed by atoms with van der Waals surface area (Å²) in [4.78, 5) is 2.35. The first-order valence-corrected chi connectivity index (χ1v) is 7.25. The van der Waals surface area contributed by atoms with Gasteiger partial charge in [-0.25, -0.2) is 0 Å². The molecular formula is C15H24ClNO. The highest BCUT2D eigenvalue weighted by atomic mass is 35.5. The van der Waals surface area contributed by atoms with Gasteiger partial charge < -0.3 is 10.0 Å². The maximum Gasteiger partial charge on any atom is 0.0716 e. The monoisotopic (exact) mass is 269 g/mol. The first-order valence-electron chi connectivity index (χ1n) is 6.87. The number of aliphatic hydroxyl groups excluding tert-OH is 1. The number of anilines is 1. The highest BCUT2D eigenvalue weighted by Gasteiger charge is 2.12. The lowest BCUT2D eigenvalue weighted by atomic mass is 10.1. The molecule has 0 aromatic heterocycles. The second kappa shape index (κ2) is 8.39. The van der Waals surface area contributed by atoms with Crippen molar-refractivity contribution in [2.45, 2.75) is 46.1 Å². The molecule has 0 spiro atoms. The van der Waals surface area contributed by atoms with Gasteiger partial charge in [0, 0.05) is 29.4 Å². The summed E-state index contributed by atoms with van der Waals surface area (Å²) in [6.07, 6.45) is 4.69. The molecule has 0 heterocycles. The number of benzene rings is 1. The molecule has 0 fully saturated rings. The van der Waals surface area contributed by atoms with Gasteiger partial charge in [0.05, 0.1) is 6.61 Å². The number of nitrogens with zero attached hydrogens (tertiary/aromatic N) is 1. The van der Waals surface area contributed by atoms with Gasteiger partial charge in [0.2, 0.25) is 0 Å². The van der Waals surface area contributed by atoms with Crippen molar-refractivity contribution in [3.05, 3.63) is 28.8 Å². The molecule has 0 aliphatic rings. The fourth-order valence-electron chi connectivity index (χ4n) is 2.05. The van der Waals surface area contributed by atoms with Crippen LogP contribution in [-0.2, 0) is 6.61 Å². The normalized spacial score (nSPS) is 10.7. The fraction of sp³-hybridized carbons (Fsp3) is 0.600. The minimum absolute atomic E-state index is 0.00373. The van der Waals surface area contributed by atoms with Crippen LogP contribution in [0.2, 0.25) is 5.02 Å². The van der Waals surface area contributed by atoms with Crippen LogP contribution in [0.4, 0.5) is 5.69 Å². The molecule has 0 atom stereocenters. The molecule has 0 aliphatic heterocycles. The van der Waals surface area contributed by atoms with E-state index in [-0.39, 0.29) is 6.61 Å². The minimum atomic E-state index is 0.00373. The van der Waals surface area contributed by atoms with Crippen molar-refractivity contribution in [3.63, 3.8) is 0 Å². The van der Waals surface area contributed by atoms with Crippen LogP contribution < -0.4 is 4.90 Å². The Bertz CT molecular complexity index is 346. The lowest BCUT2D eigenvalue weighted by Gasteiger charge is -2.27. The molecule has 0 amide bonds. The van der Waals surface area contributed by atoms with Crippen LogP contribution in [0, 0.1) is 0 Å². The molecule has 0 radical (unpaired) electrons. The predicted octanol–water partition coefficient (Wildman–Crippen LogP) is 4.24. The Kier molecular flexibility index (Phi) is 7.14. The van der Waals surface area contributed by atoms with E-state index in [0.717, 1.165) is 24.3 Å². The number of unbranched alkanes of at least 4 members (excludes halogenated alkanes) is 2. The molecule has 0 aliphatic carbocycles. The highest BCUT2D eigenvalue weighted by molar-refractivity contribution is 6.31. The molecule has 3 heteroatoms. The summed E-state index contributed by atoms with van der Waals surface area (Å²) < 4.78 is 0. The Hall–Kier alpha value is -0.730. The lowest BCUT2D eigenvalue weighted by molar-refractivity contribution is 0.282. The van der Waals surface area contributed by atoms with Crippen LogP contribution in [0.15, 0.2) is 18.2 Å². The first-order chi connectivity index (χ1) is 8.74. The van der Waals surface area contributed by atoms with Crippen LogP contribution in [0.1, 0.15) is 45.1 Å². The largest absolute Gasteiger partial charge is 0.392 e. The molecule has 0 saturated carbocycles. The van der Waals surface area contributed by atoms with Crippen molar-refractivity contribution in [1.29, 1.82) is 0 Å². The van der Waals surface area contributed by atoms with Crippen molar-refractivity contribution in [3.8, 4) is 0 Å². The molecule has 1 aromatic rings. The molecule has 0 bridgehead atoms. The quantitative estimate of drug-likeness (QED) is 0.763. The summed E-state index contributed by atoms with van der Waals surface area (Å²) in [5.74, 6) is 0. The highest BCUT2D eigenvalue weighted by Crippen LogP contribution is 2.28. The summed E-state index contributed by atoms with van der Waals surface area (Å²) in [5, 5.41) is 10.1. The van der Waals surface area contributed by atoms with Crippen molar-refractivity contribution in [1.82, 2.24) is 0 Å². The van der Waals surface area contributed by atoms with Crippen molar-refractivity contribution < 1.29 is 5.11 Å². The average Bonchev–Trinajstić information content (AvgIpc) is 2.39. The van der Waals surface area contributed by atoms with Crippen molar-refractivity contribution in [2.24, 2.45) is 0 Å². The summed E-state index contributed by atoms with van der Waals surface area (Å²) in [6, 6.07) is 5.86. The van der Waals surface area contributed by atoms with E-state index in [0.29, 0.717) is 5.02 Å². The first kappa shape index (κ1) is 15.3. The zero-order chi connectivity index (χ0) is 13.4. The summed E-state index contributed by atoms with van der Waals surface area (Å²) >= 11 is 6.16. The smallest absolute Gasteiger partial charge is 0.0716 e. The second-order valence-corrected chi connectivity index (χ2v) is 5.00. The van der Waals surface area contributed by atoms with Gasteiger partial charge in [0.15, 0.2) is 0 Å². The van der Waals surface area contributed by atoms with Crippen LogP contribution >= 0.6 is 11.6 Å². The molecule has 0 unspecified atom stereocenters.